The van der Waals surface area contributed by atoms with Crippen molar-refractivity contribution in [2.75, 3.05) is 24.6 Å². The van der Waals surface area contributed by atoms with Gasteiger partial charge in [-0.25, -0.2) is 4.39 Å². The summed E-state index contributed by atoms with van der Waals surface area (Å²) in [5, 5.41) is 3.47. The highest BCUT2D eigenvalue weighted by Crippen LogP contribution is 2.25. The molecular weight excluding hydrogens is 359 g/mol. The van der Waals surface area contributed by atoms with Gasteiger partial charge in [-0.1, -0.05) is 25.0 Å². The van der Waals surface area contributed by atoms with Crippen molar-refractivity contribution in [3.8, 4) is 0 Å². The Balaban J connectivity index is 0.00000225. The third-order valence-electron chi connectivity index (χ3n) is 5.06. The number of nitrogens with zero attached hydrogens (tertiary/aromatic N) is 1. The number of nitrogens with one attached hydrogen (secondary N) is 1. The molecule has 1 N–H and O–H groups in total. The number of carbonyl (C=O) groups excluding carboxylic acids is 1. The second kappa shape index (κ2) is 10.4. The van der Waals surface area contributed by atoms with Crippen LogP contribution in [-0.2, 0) is 11.2 Å². The van der Waals surface area contributed by atoms with Crippen LogP contribution in [0, 0.1) is 5.82 Å². The highest BCUT2D eigenvalue weighted by Gasteiger charge is 2.28. The van der Waals surface area contributed by atoms with Gasteiger partial charge in [0, 0.05) is 43.1 Å². The molecule has 1 heterocycles. The van der Waals surface area contributed by atoms with E-state index in [-0.39, 0.29) is 24.1 Å². The summed E-state index contributed by atoms with van der Waals surface area (Å²) >= 11 is 1.93. The standard InChI is InChI=1S/C19H27FN2OS.ClH/c20-16-7-5-15(6-8-16)9-11-22(18-3-1-2-4-18)19(23)13-17-14-24-12-10-21-17;/h5-8,17-18,21H,1-4,9-14H2;1H. The smallest absolute Gasteiger partial charge is 0.224 e. The Hall–Kier alpha value is -0.780. The average Bonchev–Trinajstić information content (AvgIpc) is 3.12. The molecule has 1 saturated heterocycles. The third kappa shape index (κ3) is 6.15. The highest BCUT2D eigenvalue weighted by molar-refractivity contribution is 7.99. The largest absolute Gasteiger partial charge is 0.339 e. The van der Waals surface area contributed by atoms with Crippen LogP contribution in [0.25, 0.3) is 0 Å². The van der Waals surface area contributed by atoms with E-state index in [1.807, 2.05) is 23.9 Å². The van der Waals surface area contributed by atoms with Crippen molar-refractivity contribution in [3.63, 3.8) is 0 Å². The maximum absolute atomic E-state index is 13.0. The first kappa shape index (κ1) is 20.5. The van der Waals surface area contributed by atoms with Gasteiger partial charge in [-0.2, -0.15) is 11.8 Å². The minimum Gasteiger partial charge on any atom is -0.339 e. The molecule has 0 radical (unpaired) electrons. The zero-order valence-corrected chi connectivity index (χ0v) is 16.2. The van der Waals surface area contributed by atoms with Gasteiger partial charge < -0.3 is 10.2 Å². The molecule has 1 unspecified atom stereocenters. The SMILES string of the molecule is Cl.O=C(CC1CSCCN1)N(CCc1ccc(F)cc1)C1CCCC1. The van der Waals surface area contributed by atoms with Gasteiger partial charge in [-0.05, 0) is 37.0 Å². The molecule has 3 rings (SSSR count). The second-order valence-corrected chi connectivity index (χ2v) is 7.98. The van der Waals surface area contributed by atoms with Crippen LogP contribution in [0.1, 0.15) is 37.7 Å². The Labute approximate surface area is 160 Å². The zero-order chi connectivity index (χ0) is 16.8. The Morgan fingerprint density at radius 3 is 2.60 bits per heavy atom. The molecule has 2 aliphatic rings. The summed E-state index contributed by atoms with van der Waals surface area (Å²) in [4.78, 5) is 15.0. The fourth-order valence-electron chi connectivity index (χ4n) is 3.71. The van der Waals surface area contributed by atoms with Gasteiger partial charge in [0.05, 0.1) is 0 Å². The van der Waals surface area contributed by atoms with E-state index in [1.165, 1.54) is 25.0 Å². The van der Waals surface area contributed by atoms with Crippen LogP contribution < -0.4 is 5.32 Å². The van der Waals surface area contributed by atoms with Crippen molar-refractivity contribution in [2.24, 2.45) is 0 Å². The van der Waals surface area contributed by atoms with Gasteiger partial charge in [0.1, 0.15) is 5.82 Å². The molecule has 1 aromatic carbocycles. The molecule has 1 saturated carbocycles. The van der Waals surface area contributed by atoms with E-state index in [4.69, 9.17) is 0 Å². The number of halogens is 2. The lowest BCUT2D eigenvalue weighted by Gasteiger charge is -2.32. The van der Waals surface area contributed by atoms with Crippen LogP contribution in [0.5, 0.6) is 0 Å². The minimum atomic E-state index is -0.205. The van der Waals surface area contributed by atoms with Gasteiger partial charge in [-0.15, -0.1) is 12.4 Å². The van der Waals surface area contributed by atoms with E-state index in [1.54, 1.807) is 0 Å². The van der Waals surface area contributed by atoms with Gasteiger partial charge in [0.2, 0.25) is 5.91 Å². The lowest BCUT2D eigenvalue weighted by molar-refractivity contribution is -0.133. The van der Waals surface area contributed by atoms with Crippen LogP contribution in [0.3, 0.4) is 0 Å². The van der Waals surface area contributed by atoms with Crippen molar-refractivity contribution < 1.29 is 9.18 Å². The van der Waals surface area contributed by atoms with Crippen LogP contribution >= 0.6 is 24.2 Å². The van der Waals surface area contributed by atoms with Gasteiger partial charge in [0.25, 0.3) is 0 Å². The van der Waals surface area contributed by atoms with Crippen molar-refractivity contribution in [1.82, 2.24) is 10.2 Å². The van der Waals surface area contributed by atoms with E-state index in [0.717, 1.165) is 49.4 Å². The highest BCUT2D eigenvalue weighted by atomic mass is 35.5. The Bertz CT molecular complexity index is 531. The molecular formula is C19H28ClFN2OS. The number of benzene rings is 1. The van der Waals surface area contributed by atoms with E-state index >= 15 is 0 Å². The molecule has 1 amide bonds. The van der Waals surface area contributed by atoms with E-state index < -0.39 is 0 Å². The molecule has 1 aromatic rings. The Morgan fingerprint density at radius 2 is 1.96 bits per heavy atom. The monoisotopic (exact) mass is 386 g/mol. The first-order valence-corrected chi connectivity index (χ1v) is 10.2. The number of amides is 1. The number of hydrogen-bond donors (Lipinski definition) is 1. The quantitative estimate of drug-likeness (QED) is 0.809. The topological polar surface area (TPSA) is 32.3 Å². The summed E-state index contributed by atoms with van der Waals surface area (Å²) in [6.07, 6.45) is 6.11. The normalized spacial score (nSPS) is 20.9. The fraction of sp³-hybridized carbons (Fsp3) is 0.632. The van der Waals surface area contributed by atoms with Crippen molar-refractivity contribution >= 4 is 30.1 Å². The summed E-state index contributed by atoms with van der Waals surface area (Å²) < 4.78 is 13.0. The van der Waals surface area contributed by atoms with Gasteiger partial charge in [-0.3, -0.25) is 4.79 Å². The lowest BCUT2D eigenvalue weighted by atomic mass is 10.1. The molecule has 0 bridgehead atoms. The second-order valence-electron chi connectivity index (χ2n) is 6.83. The lowest BCUT2D eigenvalue weighted by Crippen LogP contribution is -2.46. The maximum atomic E-state index is 13.0. The molecule has 6 heteroatoms. The summed E-state index contributed by atoms with van der Waals surface area (Å²) in [5.41, 5.74) is 1.10. The number of carbonyl (C=O) groups is 1. The van der Waals surface area contributed by atoms with Gasteiger partial charge >= 0.3 is 0 Å². The average molecular weight is 387 g/mol. The molecule has 1 aliphatic carbocycles. The van der Waals surface area contributed by atoms with E-state index in [2.05, 4.69) is 10.2 Å². The van der Waals surface area contributed by atoms with E-state index in [9.17, 15) is 9.18 Å². The molecule has 1 atom stereocenters. The zero-order valence-electron chi connectivity index (χ0n) is 14.6. The molecule has 1 aliphatic heterocycles. The summed E-state index contributed by atoms with van der Waals surface area (Å²) in [7, 11) is 0. The van der Waals surface area contributed by atoms with Crippen LogP contribution in [0.15, 0.2) is 24.3 Å². The van der Waals surface area contributed by atoms with Gasteiger partial charge in [0.15, 0.2) is 0 Å². The Morgan fingerprint density at radius 1 is 1.24 bits per heavy atom. The molecule has 0 spiro atoms. The predicted octanol–water partition coefficient (Wildman–Crippen LogP) is 3.66. The molecule has 140 valence electrons. The molecule has 2 fully saturated rings. The first-order chi connectivity index (χ1) is 11.7. The summed E-state index contributed by atoms with van der Waals surface area (Å²) in [5.74, 6) is 2.25. The fourth-order valence-corrected chi connectivity index (χ4v) is 4.66. The Kier molecular flexibility index (Phi) is 8.53. The van der Waals surface area contributed by atoms with Crippen LogP contribution in [0.2, 0.25) is 0 Å². The van der Waals surface area contributed by atoms with Crippen LogP contribution in [-0.4, -0.2) is 47.5 Å². The molecule has 25 heavy (non-hydrogen) atoms. The number of thioether (sulfide) groups is 1. The van der Waals surface area contributed by atoms with E-state index in [0.29, 0.717) is 18.5 Å². The van der Waals surface area contributed by atoms with Crippen molar-refractivity contribution in [1.29, 1.82) is 0 Å². The molecule has 3 nitrogen and oxygen atoms in total. The van der Waals surface area contributed by atoms with Crippen molar-refractivity contribution in [3.05, 3.63) is 35.6 Å². The number of rotatable bonds is 6. The summed E-state index contributed by atoms with van der Waals surface area (Å²) in [6.45, 7) is 1.75. The summed E-state index contributed by atoms with van der Waals surface area (Å²) in [6, 6.07) is 7.36. The maximum Gasteiger partial charge on any atom is 0.224 e. The predicted molar refractivity (Wildman–Crippen MR) is 105 cm³/mol. The number of hydrogen-bond acceptors (Lipinski definition) is 3. The van der Waals surface area contributed by atoms with Crippen LogP contribution in [0.4, 0.5) is 4.39 Å². The third-order valence-corrected chi connectivity index (χ3v) is 6.19. The van der Waals surface area contributed by atoms with Crippen molar-refractivity contribution in [2.45, 2.75) is 50.6 Å². The molecule has 0 aromatic heterocycles. The first-order valence-electron chi connectivity index (χ1n) is 9.07. The minimum absolute atomic E-state index is 0.